The second kappa shape index (κ2) is 6.36. The van der Waals surface area contributed by atoms with Crippen LogP contribution in [-0.4, -0.2) is 17.6 Å². The van der Waals surface area contributed by atoms with Crippen molar-refractivity contribution in [2.45, 2.75) is 32.9 Å². The van der Waals surface area contributed by atoms with Gasteiger partial charge in [0.25, 0.3) is 0 Å². The molecular weight excluding hydrogens is 276 g/mol. The quantitative estimate of drug-likeness (QED) is 0.919. The van der Waals surface area contributed by atoms with Crippen LogP contribution in [0.25, 0.3) is 11.1 Å². The number of hydrogen-bond acceptors (Lipinski definition) is 4. The van der Waals surface area contributed by atoms with Crippen LogP contribution < -0.4 is 15.2 Å². The van der Waals surface area contributed by atoms with Crippen LogP contribution in [0, 0.1) is 5.92 Å². The van der Waals surface area contributed by atoms with Crippen molar-refractivity contribution in [1.29, 1.82) is 0 Å². The molecule has 3 rings (SSSR count). The Morgan fingerprint density at radius 2 is 2.14 bits per heavy atom. The summed E-state index contributed by atoms with van der Waals surface area (Å²) in [5.41, 5.74) is 9.22. The SMILES string of the molecule is CC(N)CC(C)COc1ccc2c(c1)OCc1cnccc1-2. The highest BCUT2D eigenvalue weighted by atomic mass is 16.5. The van der Waals surface area contributed by atoms with E-state index in [0.717, 1.165) is 29.0 Å². The molecule has 0 radical (unpaired) electrons. The zero-order valence-corrected chi connectivity index (χ0v) is 13.1. The minimum absolute atomic E-state index is 0.204. The number of aromatic nitrogens is 1. The van der Waals surface area contributed by atoms with Crippen molar-refractivity contribution in [2.24, 2.45) is 11.7 Å². The third-order valence-corrected chi connectivity index (χ3v) is 3.84. The third-order valence-electron chi connectivity index (χ3n) is 3.84. The molecule has 0 amide bonds. The number of fused-ring (bicyclic) bond motifs is 3. The second-order valence-electron chi connectivity index (χ2n) is 6.11. The summed E-state index contributed by atoms with van der Waals surface area (Å²) >= 11 is 0. The van der Waals surface area contributed by atoms with Gasteiger partial charge in [-0.05, 0) is 43.0 Å². The van der Waals surface area contributed by atoms with Crippen molar-refractivity contribution in [2.75, 3.05) is 6.61 Å². The molecular formula is C18H22N2O2. The molecule has 0 fully saturated rings. The molecule has 116 valence electrons. The first-order chi connectivity index (χ1) is 10.6. The third kappa shape index (κ3) is 3.22. The van der Waals surface area contributed by atoms with Gasteiger partial charge in [0, 0.05) is 35.6 Å². The number of ether oxygens (including phenoxy) is 2. The van der Waals surface area contributed by atoms with E-state index in [9.17, 15) is 0 Å². The molecule has 0 spiro atoms. The molecule has 4 nitrogen and oxygen atoms in total. The summed E-state index contributed by atoms with van der Waals surface area (Å²) in [7, 11) is 0. The summed E-state index contributed by atoms with van der Waals surface area (Å²) < 4.78 is 11.7. The fourth-order valence-electron chi connectivity index (χ4n) is 2.84. The van der Waals surface area contributed by atoms with Crippen molar-refractivity contribution < 1.29 is 9.47 Å². The van der Waals surface area contributed by atoms with Crippen molar-refractivity contribution in [1.82, 2.24) is 4.98 Å². The van der Waals surface area contributed by atoms with Crippen LogP contribution in [0.3, 0.4) is 0 Å². The van der Waals surface area contributed by atoms with Gasteiger partial charge in [0.05, 0.1) is 6.61 Å². The first kappa shape index (κ1) is 14.9. The van der Waals surface area contributed by atoms with Gasteiger partial charge in [-0.2, -0.15) is 0 Å². The maximum Gasteiger partial charge on any atom is 0.131 e. The Kier molecular flexibility index (Phi) is 4.29. The standard InChI is InChI=1S/C18H22N2O2/c1-12(7-13(2)19)10-21-15-3-4-17-16-5-6-20-9-14(16)11-22-18(17)8-15/h3-6,8-9,12-13H,7,10-11,19H2,1-2H3. The Morgan fingerprint density at radius 1 is 1.27 bits per heavy atom. The van der Waals surface area contributed by atoms with Gasteiger partial charge < -0.3 is 15.2 Å². The molecule has 1 aromatic carbocycles. The number of nitrogens with zero attached hydrogens (tertiary/aromatic N) is 1. The lowest BCUT2D eigenvalue weighted by atomic mass is 9.99. The van der Waals surface area contributed by atoms with Gasteiger partial charge >= 0.3 is 0 Å². The first-order valence-corrected chi connectivity index (χ1v) is 7.72. The topological polar surface area (TPSA) is 57.4 Å². The highest BCUT2D eigenvalue weighted by Gasteiger charge is 2.18. The number of pyridine rings is 1. The van der Waals surface area contributed by atoms with Gasteiger partial charge in [-0.1, -0.05) is 6.92 Å². The second-order valence-corrected chi connectivity index (χ2v) is 6.11. The van der Waals surface area contributed by atoms with E-state index >= 15 is 0 Å². The smallest absolute Gasteiger partial charge is 0.131 e. The van der Waals surface area contributed by atoms with Crippen molar-refractivity contribution in [3.63, 3.8) is 0 Å². The summed E-state index contributed by atoms with van der Waals surface area (Å²) in [5.74, 6) is 2.15. The Morgan fingerprint density at radius 3 is 2.95 bits per heavy atom. The molecule has 0 saturated heterocycles. The van der Waals surface area contributed by atoms with Gasteiger partial charge in [0.15, 0.2) is 0 Å². The monoisotopic (exact) mass is 298 g/mol. The highest BCUT2D eigenvalue weighted by Crippen LogP contribution is 2.39. The van der Waals surface area contributed by atoms with E-state index in [0.29, 0.717) is 19.1 Å². The van der Waals surface area contributed by atoms with Gasteiger partial charge in [0.2, 0.25) is 0 Å². The van der Waals surface area contributed by atoms with Crippen LogP contribution in [0.15, 0.2) is 36.7 Å². The number of hydrogen-bond donors (Lipinski definition) is 1. The van der Waals surface area contributed by atoms with E-state index in [1.54, 1.807) is 0 Å². The lowest BCUT2D eigenvalue weighted by molar-refractivity contribution is 0.243. The van der Waals surface area contributed by atoms with Gasteiger partial charge in [-0.15, -0.1) is 0 Å². The lowest BCUT2D eigenvalue weighted by Crippen LogP contribution is -2.21. The van der Waals surface area contributed by atoms with E-state index in [2.05, 4.69) is 18.0 Å². The molecule has 4 heteroatoms. The summed E-state index contributed by atoms with van der Waals surface area (Å²) in [6.45, 7) is 5.40. The molecule has 22 heavy (non-hydrogen) atoms. The molecule has 1 aromatic heterocycles. The van der Waals surface area contributed by atoms with E-state index < -0.39 is 0 Å². The predicted molar refractivity (Wildman–Crippen MR) is 86.9 cm³/mol. The van der Waals surface area contributed by atoms with E-state index in [1.807, 2.05) is 37.5 Å². The number of rotatable bonds is 5. The predicted octanol–water partition coefficient (Wildman–Crippen LogP) is 3.39. The average Bonchev–Trinajstić information content (AvgIpc) is 2.52. The Hall–Kier alpha value is -2.07. The molecule has 2 aromatic rings. The summed E-state index contributed by atoms with van der Waals surface area (Å²) in [6.07, 6.45) is 4.63. The Labute approximate surface area is 131 Å². The summed E-state index contributed by atoms with van der Waals surface area (Å²) in [4.78, 5) is 4.15. The normalized spacial score (nSPS) is 15.2. The van der Waals surface area contributed by atoms with E-state index in [-0.39, 0.29) is 6.04 Å². The number of nitrogens with two attached hydrogens (primary N) is 1. The van der Waals surface area contributed by atoms with Crippen molar-refractivity contribution in [3.8, 4) is 22.6 Å². The molecule has 2 heterocycles. The van der Waals surface area contributed by atoms with Crippen LogP contribution >= 0.6 is 0 Å². The van der Waals surface area contributed by atoms with Crippen LogP contribution in [0.5, 0.6) is 11.5 Å². The van der Waals surface area contributed by atoms with Crippen molar-refractivity contribution >= 4 is 0 Å². The number of benzene rings is 1. The zero-order valence-electron chi connectivity index (χ0n) is 13.1. The molecule has 1 aliphatic rings. The summed E-state index contributed by atoms with van der Waals surface area (Å²) in [5, 5.41) is 0. The van der Waals surface area contributed by atoms with Crippen LogP contribution in [0.2, 0.25) is 0 Å². The van der Waals surface area contributed by atoms with Crippen molar-refractivity contribution in [3.05, 3.63) is 42.2 Å². The lowest BCUT2D eigenvalue weighted by Gasteiger charge is -2.21. The van der Waals surface area contributed by atoms with Crippen LogP contribution in [0.4, 0.5) is 0 Å². The largest absolute Gasteiger partial charge is 0.493 e. The first-order valence-electron chi connectivity index (χ1n) is 7.72. The fourth-order valence-corrected chi connectivity index (χ4v) is 2.84. The molecule has 0 aliphatic carbocycles. The van der Waals surface area contributed by atoms with Crippen LogP contribution in [-0.2, 0) is 6.61 Å². The molecule has 2 unspecified atom stereocenters. The minimum atomic E-state index is 0.204. The average molecular weight is 298 g/mol. The Balaban J connectivity index is 1.73. The molecule has 2 atom stereocenters. The zero-order chi connectivity index (χ0) is 15.5. The maximum atomic E-state index is 5.87. The molecule has 0 saturated carbocycles. The minimum Gasteiger partial charge on any atom is -0.493 e. The van der Waals surface area contributed by atoms with Gasteiger partial charge in [0.1, 0.15) is 18.1 Å². The summed E-state index contributed by atoms with van der Waals surface area (Å²) in [6, 6.07) is 8.25. The van der Waals surface area contributed by atoms with Crippen LogP contribution in [0.1, 0.15) is 25.8 Å². The van der Waals surface area contributed by atoms with Gasteiger partial charge in [-0.25, -0.2) is 0 Å². The van der Waals surface area contributed by atoms with E-state index in [4.69, 9.17) is 15.2 Å². The molecule has 1 aliphatic heterocycles. The van der Waals surface area contributed by atoms with E-state index in [1.165, 1.54) is 5.56 Å². The molecule has 2 N–H and O–H groups in total. The highest BCUT2D eigenvalue weighted by molar-refractivity contribution is 5.75. The Bertz CT molecular complexity index is 655. The molecule has 0 bridgehead atoms. The van der Waals surface area contributed by atoms with Gasteiger partial charge in [-0.3, -0.25) is 4.98 Å². The maximum absolute atomic E-state index is 5.87. The fraction of sp³-hybridized carbons (Fsp3) is 0.389.